The fourth-order valence-corrected chi connectivity index (χ4v) is 2.54. The molecule has 0 aliphatic carbocycles. The molecule has 0 bridgehead atoms. The molecule has 3 aromatic rings. The Morgan fingerprint density at radius 3 is 2.83 bits per heavy atom. The number of aryl methyl sites for hydroxylation is 1. The molecular formula is C18H20N4O2. The fraction of sp³-hybridized carbons (Fsp3) is 0.278. The zero-order valence-electron chi connectivity index (χ0n) is 13.8. The van der Waals surface area contributed by atoms with Gasteiger partial charge in [-0.25, -0.2) is 4.68 Å². The molecule has 6 heteroatoms. The Kier molecular flexibility index (Phi) is 4.74. The second kappa shape index (κ2) is 7.12. The SMILES string of the molecule is CCCn1nnc2cc(C(=O)Nc3ccccc3OCC)ccc21. The van der Waals surface area contributed by atoms with Gasteiger partial charge in [0.05, 0.1) is 17.8 Å². The van der Waals surface area contributed by atoms with Crippen molar-refractivity contribution >= 4 is 22.6 Å². The number of amides is 1. The minimum atomic E-state index is -0.200. The average molecular weight is 324 g/mol. The second-order valence-corrected chi connectivity index (χ2v) is 5.40. The quantitative estimate of drug-likeness (QED) is 0.753. The molecule has 2 aromatic carbocycles. The van der Waals surface area contributed by atoms with Crippen LogP contribution in [0.1, 0.15) is 30.6 Å². The van der Waals surface area contributed by atoms with Gasteiger partial charge in [0, 0.05) is 12.1 Å². The van der Waals surface area contributed by atoms with E-state index >= 15 is 0 Å². The van der Waals surface area contributed by atoms with Crippen molar-refractivity contribution in [2.45, 2.75) is 26.8 Å². The summed E-state index contributed by atoms with van der Waals surface area (Å²) in [5.41, 5.74) is 2.84. The van der Waals surface area contributed by atoms with E-state index in [2.05, 4.69) is 22.6 Å². The van der Waals surface area contributed by atoms with Gasteiger partial charge in [0.25, 0.3) is 5.91 Å². The second-order valence-electron chi connectivity index (χ2n) is 5.40. The zero-order chi connectivity index (χ0) is 16.9. The standard InChI is InChI=1S/C18H20N4O2/c1-3-11-22-16-10-9-13(12-15(16)20-21-22)18(23)19-14-7-5-6-8-17(14)24-4-2/h5-10,12H,3-4,11H2,1-2H3,(H,19,23). The third-order valence-electron chi connectivity index (χ3n) is 3.65. The third kappa shape index (κ3) is 3.22. The molecule has 1 heterocycles. The molecule has 0 aliphatic heterocycles. The zero-order valence-corrected chi connectivity index (χ0v) is 13.8. The van der Waals surface area contributed by atoms with Gasteiger partial charge >= 0.3 is 0 Å². The lowest BCUT2D eigenvalue weighted by Crippen LogP contribution is -2.13. The van der Waals surface area contributed by atoms with Gasteiger partial charge in [-0.15, -0.1) is 5.10 Å². The molecule has 1 N–H and O–H groups in total. The first kappa shape index (κ1) is 16.0. The summed E-state index contributed by atoms with van der Waals surface area (Å²) in [6.45, 7) is 5.35. The molecule has 0 radical (unpaired) electrons. The molecule has 0 aliphatic rings. The topological polar surface area (TPSA) is 69.0 Å². The highest BCUT2D eigenvalue weighted by atomic mass is 16.5. The Morgan fingerprint density at radius 2 is 2.04 bits per heavy atom. The smallest absolute Gasteiger partial charge is 0.255 e. The highest BCUT2D eigenvalue weighted by Gasteiger charge is 2.12. The molecule has 1 aromatic heterocycles. The minimum Gasteiger partial charge on any atom is -0.492 e. The molecule has 3 rings (SSSR count). The van der Waals surface area contributed by atoms with E-state index in [0.29, 0.717) is 29.1 Å². The van der Waals surface area contributed by atoms with Crippen molar-refractivity contribution in [2.24, 2.45) is 0 Å². The number of aromatic nitrogens is 3. The number of benzene rings is 2. The minimum absolute atomic E-state index is 0.200. The maximum absolute atomic E-state index is 12.5. The van der Waals surface area contributed by atoms with Gasteiger partial charge in [0.2, 0.25) is 0 Å². The van der Waals surface area contributed by atoms with Crippen molar-refractivity contribution in [3.8, 4) is 5.75 Å². The van der Waals surface area contributed by atoms with Crippen LogP contribution >= 0.6 is 0 Å². The lowest BCUT2D eigenvalue weighted by atomic mass is 10.1. The predicted molar refractivity (Wildman–Crippen MR) is 93.4 cm³/mol. The van der Waals surface area contributed by atoms with Crippen LogP contribution in [0.2, 0.25) is 0 Å². The molecule has 0 fully saturated rings. The van der Waals surface area contributed by atoms with Crippen molar-refractivity contribution in [1.82, 2.24) is 15.0 Å². The van der Waals surface area contributed by atoms with Crippen LogP contribution in [0.15, 0.2) is 42.5 Å². The summed E-state index contributed by atoms with van der Waals surface area (Å²) in [5.74, 6) is 0.456. The number of hydrogen-bond donors (Lipinski definition) is 1. The predicted octanol–water partition coefficient (Wildman–Crippen LogP) is 3.49. The van der Waals surface area contributed by atoms with Crippen LogP contribution < -0.4 is 10.1 Å². The highest BCUT2D eigenvalue weighted by Crippen LogP contribution is 2.24. The van der Waals surface area contributed by atoms with E-state index in [0.717, 1.165) is 18.5 Å². The van der Waals surface area contributed by atoms with Crippen LogP contribution in [0.4, 0.5) is 5.69 Å². The van der Waals surface area contributed by atoms with E-state index in [9.17, 15) is 4.79 Å². The summed E-state index contributed by atoms with van der Waals surface area (Å²) in [6, 6.07) is 12.8. The summed E-state index contributed by atoms with van der Waals surface area (Å²) in [7, 11) is 0. The highest BCUT2D eigenvalue weighted by molar-refractivity contribution is 6.06. The molecule has 124 valence electrons. The van der Waals surface area contributed by atoms with Gasteiger partial charge in [-0.3, -0.25) is 4.79 Å². The number of ether oxygens (including phenoxy) is 1. The van der Waals surface area contributed by atoms with Gasteiger partial charge in [-0.05, 0) is 43.7 Å². The Hall–Kier alpha value is -2.89. The monoisotopic (exact) mass is 324 g/mol. The van der Waals surface area contributed by atoms with Crippen LogP contribution in [-0.2, 0) is 6.54 Å². The molecular weight excluding hydrogens is 304 g/mol. The van der Waals surface area contributed by atoms with Crippen molar-refractivity contribution in [2.75, 3.05) is 11.9 Å². The number of para-hydroxylation sites is 2. The van der Waals surface area contributed by atoms with E-state index in [4.69, 9.17) is 4.74 Å². The van der Waals surface area contributed by atoms with Crippen molar-refractivity contribution < 1.29 is 9.53 Å². The van der Waals surface area contributed by atoms with Crippen LogP contribution in [0.25, 0.3) is 11.0 Å². The number of fused-ring (bicyclic) bond motifs is 1. The van der Waals surface area contributed by atoms with E-state index in [1.54, 1.807) is 12.1 Å². The number of carbonyl (C=O) groups excluding carboxylic acids is 1. The summed E-state index contributed by atoms with van der Waals surface area (Å²) >= 11 is 0. The first-order valence-corrected chi connectivity index (χ1v) is 8.09. The number of nitrogens with one attached hydrogen (secondary N) is 1. The van der Waals surface area contributed by atoms with E-state index < -0.39 is 0 Å². The molecule has 0 unspecified atom stereocenters. The normalized spacial score (nSPS) is 10.8. The lowest BCUT2D eigenvalue weighted by Gasteiger charge is -2.11. The lowest BCUT2D eigenvalue weighted by molar-refractivity contribution is 0.102. The Labute approximate surface area is 140 Å². The molecule has 6 nitrogen and oxygen atoms in total. The van der Waals surface area contributed by atoms with Crippen molar-refractivity contribution in [3.63, 3.8) is 0 Å². The van der Waals surface area contributed by atoms with E-state index in [-0.39, 0.29) is 5.91 Å². The van der Waals surface area contributed by atoms with Gasteiger partial charge < -0.3 is 10.1 Å². The largest absolute Gasteiger partial charge is 0.492 e. The van der Waals surface area contributed by atoms with Gasteiger partial charge in [0.15, 0.2) is 0 Å². The first-order chi connectivity index (χ1) is 11.7. The summed E-state index contributed by atoms with van der Waals surface area (Å²) in [6.07, 6.45) is 0.981. The maximum Gasteiger partial charge on any atom is 0.255 e. The Morgan fingerprint density at radius 1 is 1.21 bits per heavy atom. The summed E-state index contributed by atoms with van der Waals surface area (Å²) < 4.78 is 7.38. The van der Waals surface area contributed by atoms with Crippen LogP contribution in [0.3, 0.4) is 0 Å². The van der Waals surface area contributed by atoms with Crippen LogP contribution in [-0.4, -0.2) is 27.5 Å². The van der Waals surface area contributed by atoms with Crippen LogP contribution in [0.5, 0.6) is 5.75 Å². The van der Waals surface area contributed by atoms with Crippen molar-refractivity contribution in [1.29, 1.82) is 0 Å². The van der Waals surface area contributed by atoms with Crippen LogP contribution in [0, 0.1) is 0 Å². The Balaban J connectivity index is 1.84. The van der Waals surface area contributed by atoms with Gasteiger partial charge in [-0.2, -0.15) is 0 Å². The number of rotatable bonds is 6. The number of hydrogen-bond acceptors (Lipinski definition) is 4. The summed E-state index contributed by atoms with van der Waals surface area (Å²) in [5, 5.41) is 11.2. The van der Waals surface area contributed by atoms with E-state index in [1.165, 1.54) is 0 Å². The molecule has 0 spiro atoms. The van der Waals surface area contributed by atoms with Gasteiger partial charge in [0.1, 0.15) is 11.3 Å². The van der Waals surface area contributed by atoms with Crippen molar-refractivity contribution in [3.05, 3.63) is 48.0 Å². The summed E-state index contributed by atoms with van der Waals surface area (Å²) in [4.78, 5) is 12.5. The van der Waals surface area contributed by atoms with E-state index in [1.807, 2.05) is 41.9 Å². The maximum atomic E-state index is 12.5. The molecule has 1 amide bonds. The third-order valence-corrected chi connectivity index (χ3v) is 3.65. The van der Waals surface area contributed by atoms with Gasteiger partial charge in [-0.1, -0.05) is 24.3 Å². The average Bonchev–Trinajstić information content (AvgIpc) is 2.99. The molecule has 0 atom stereocenters. The number of carbonyl (C=O) groups is 1. The molecule has 24 heavy (non-hydrogen) atoms. The first-order valence-electron chi connectivity index (χ1n) is 8.09. The molecule has 0 saturated carbocycles. The fourth-order valence-electron chi connectivity index (χ4n) is 2.54. The Bertz CT molecular complexity index is 857. The number of nitrogens with zero attached hydrogens (tertiary/aromatic N) is 3. The molecule has 0 saturated heterocycles. The number of anilines is 1.